The summed E-state index contributed by atoms with van der Waals surface area (Å²) < 4.78 is 64.2. The highest BCUT2D eigenvalue weighted by Gasteiger charge is 2.29. The van der Waals surface area contributed by atoms with Gasteiger partial charge in [-0.05, 0) is 18.9 Å². The van der Waals surface area contributed by atoms with Crippen molar-refractivity contribution in [1.82, 2.24) is 5.32 Å². The highest BCUT2D eigenvalue weighted by molar-refractivity contribution is 7.90. The molecular formula is C15H20F3NO4S. The van der Waals surface area contributed by atoms with E-state index < -0.39 is 34.6 Å². The van der Waals surface area contributed by atoms with Gasteiger partial charge in [0.1, 0.15) is 12.7 Å². The van der Waals surface area contributed by atoms with Gasteiger partial charge in [-0.25, -0.2) is 8.42 Å². The number of carbonyl (C=O) groups is 1. The van der Waals surface area contributed by atoms with E-state index in [-0.39, 0.29) is 24.5 Å². The molecule has 0 bridgehead atoms. The molecule has 24 heavy (non-hydrogen) atoms. The third-order valence-corrected chi connectivity index (χ3v) is 4.71. The van der Waals surface area contributed by atoms with E-state index in [4.69, 9.17) is 0 Å². The number of amides is 1. The zero-order chi connectivity index (χ0) is 18.2. The van der Waals surface area contributed by atoms with Crippen molar-refractivity contribution < 1.29 is 31.1 Å². The van der Waals surface area contributed by atoms with Gasteiger partial charge in [0.15, 0.2) is 9.84 Å². The first kappa shape index (κ1) is 20.4. The fraction of sp³-hybridized carbons (Fsp3) is 0.533. The molecular weight excluding hydrogens is 347 g/mol. The summed E-state index contributed by atoms with van der Waals surface area (Å²) >= 11 is 0. The minimum atomic E-state index is -4.50. The molecule has 9 heteroatoms. The smallest absolute Gasteiger partial charge is 0.359 e. The van der Waals surface area contributed by atoms with Crippen molar-refractivity contribution in [2.45, 2.75) is 31.4 Å². The van der Waals surface area contributed by atoms with Crippen LogP contribution in [0.1, 0.15) is 18.9 Å². The first-order chi connectivity index (χ1) is 11.1. The Kier molecular flexibility index (Phi) is 7.68. The van der Waals surface area contributed by atoms with Gasteiger partial charge >= 0.3 is 6.18 Å². The molecule has 0 fully saturated rings. The van der Waals surface area contributed by atoms with Crippen LogP contribution in [0, 0.1) is 0 Å². The lowest BCUT2D eigenvalue weighted by molar-refractivity contribution is -0.185. The van der Waals surface area contributed by atoms with Gasteiger partial charge in [-0.15, -0.1) is 0 Å². The van der Waals surface area contributed by atoms with E-state index in [1.165, 1.54) is 6.92 Å². The molecule has 0 aliphatic carbocycles. The number of nitrogens with one attached hydrogen (secondary N) is 1. The van der Waals surface area contributed by atoms with Crippen molar-refractivity contribution in [2.75, 3.05) is 18.9 Å². The van der Waals surface area contributed by atoms with E-state index in [1.54, 1.807) is 30.3 Å². The number of carbonyl (C=O) groups excluding carboxylic acids is 1. The normalized spacial score (nSPS) is 13.5. The fourth-order valence-electron chi connectivity index (χ4n) is 1.84. The number of hydrogen-bond acceptors (Lipinski definition) is 4. The first-order valence-corrected chi connectivity index (χ1v) is 9.11. The largest absolute Gasteiger partial charge is 0.411 e. The number of halogens is 3. The van der Waals surface area contributed by atoms with Crippen LogP contribution in [0.4, 0.5) is 13.2 Å². The Morgan fingerprint density at radius 2 is 1.88 bits per heavy atom. The van der Waals surface area contributed by atoms with Gasteiger partial charge in [-0.3, -0.25) is 4.79 Å². The molecule has 0 spiro atoms. The lowest BCUT2D eigenvalue weighted by Crippen LogP contribution is -2.37. The Morgan fingerprint density at radius 3 is 2.46 bits per heavy atom. The van der Waals surface area contributed by atoms with Crippen LogP contribution in [0.2, 0.25) is 0 Å². The van der Waals surface area contributed by atoms with Gasteiger partial charge < -0.3 is 10.1 Å². The van der Waals surface area contributed by atoms with Crippen molar-refractivity contribution in [2.24, 2.45) is 0 Å². The third kappa shape index (κ3) is 8.88. The van der Waals surface area contributed by atoms with Crippen molar-refractivity contribution >= 4 is 15.7 Å². The Hall–Kier alpha value is -1.61. The van der Waals surface area contributed by atoms with Crippen LogP contribution in [-0.4, -0.2) is 45.5 Å². The molecule has 0 aliphatic rings. The van der Waals surface area contributed by atoms with Gasteiger partial charge in [0.05, 0.1) is 11.5 Å². The molecule has 0 aliphatic heterocycles. The Labute approximate surface area is 139 Å². The number of rotatable bonds is 9. The summed E-state index contributed by atoms with van der Waals surface area (Å²) in [5.41, 5.74) is 0.677. The van der Waals surface area contributed by atoms with Gasteiger partial charge in [0.2, 0.25) is 5.91 Å². The topological polar surface area (TPSA) is 72.5 Å². The fourth-order valence-corrected chi connectivity index (χ4v) is 3.27. The quantitative estimate of drug-likeness (QED) is 0.679. The monoisotopic (exact) mass is 367 g/mol. The van der Waals surface area contributed by atoms with Gasteiger partial charge in [-0.1, -0.05) is 30.3 Å². The second-order valence-electron chi connectivity index (χ2n) is 5.29. The van der Waals surface area contributed by atoms with E-state index >= 15 is 0 Å². The highest BCUT2D eigenvalue weighted by Crippen LogP contribution is 2.15. The van der Waals surface area contributed by atoms with Gasteiger partial charge in [-0.2, -0.15) is 13.2 Å². The number of benzene rings is 1. The lowest BCUT2D eigenvalue weighted by atomic mass is 10.2. The lowest BCUT2D eigenvalue weighted by Gasteiger charge is -2.14. The second kappa shape index (κ2) is 9.03. The molecule has 1 aromatic carbocycles. The average Bonchev–Trinajstić information content (AvgIpc) is 2.48. The maximum Gasteiger partial charge on any atom is 0.411 e. The molecule has 1 atom stereocenters. The average molecular weight is 367 g/mol. The van der Waals surface area contributed by atoms with Crippen LogP contribution in [0.15, 0.2) is 30.3 Å². The number of ether oxygens (including phenoxy) is 1. The molecule has 0 radical (unpaired) electrons. The predicted molar refractivity (Wildman–Crippen MR) is 83.0 cm³/mol. The molecule has 0 aromatic heterocycles. The summed E-state index contributed by atoms with van der Waals surface area (Å²) in [4.78, 5) is 11.5. The summed E-state index contributed by atoms with van der Waals surface area (Å²) in [6, 6.07) is 8.69. The van der Waals surface area contributed by atoms with Crippen molar-refractivity contribution in [1.29, 1.82) is 0 Å². The van der Waals surface area contributed by atoms with E-state index in [0.29, 0.717) is 5.56 Å². The molecule has 1 rings (SSSR count). The van der Waals surface area contributed by atoms with E-state index in [9.17, 15) is 26.4 Å². The zero-order valence-corrected chi connectivity index (χ0v) is 14.0. The summed E-state index contributed by atoms with van der Waals surface area (Å²) in [7, 11) is -3.31. The number of sulfone groups is 1. The Morgan fingerprint density at radius 1 is 1.25 bits per heavy atom. The third-order valence-electron chi connectivity index (χ3n) is 3.03. The van der Waals surface area contributed by atoms with Crippen LogP contribution >= 0.6 is 0 Å². The van der Waals surface area contributed by atoms with E-state index in [0.717, 1.165) is 0 Å². The predicted octanol–water partition coefficient (Wildman–Crippen LogP) is 2.08. The molecule has 1 unspecified atom stereocenters. The SMILES string of the molecule is CC(OCC(F)(F)F)C(=O)NCCCS(=O)(=O)Cc1ccccc1. The summed E-state index contributed by atoms with van der Waals surface area (Å²) in [6.45, 7) is -0.257. The number of hydrogen-bond donors (Lipinski definition) is 1. The van der Waals surface area contributed by atoms with E-state index in [1.807, 2.05) is 0 Å². The molecule has 0 heterocycles. The molecule has 1 amide bonds. The van der Waals surface area contributed by atoms with Crippen LogP contribution in [0.3, 0.4) is 0 Å². The van der Waals surface area contributed by atoms with Crippen LogP contribution < -0.4 is 5.32 Å². The summed E-state index contributed by atoms with van der Waals surface area (Å²) in [6.07, 6.45) is -5.58. The maximum atomic E-state index is 12.0. The minimum Gasteiger partial charge on any atom is -0.359 e. The Bertz CT molecular complexity index is 617. The van der Waals surface area contributed by atoms with Crippen molar-refractivity contribution in [3.63, 3.8) is 0 Å². The molecule has 1 N–H and O–H groups in total. The molecule has 5 nitrogen and oxygen atoms in total. The molecule has 0 saturated heterocycles. The van der Waals surface area contributed by atoms with Crippen LogP contribution in [-0.2, 0) is 25.1 Å². The first-order valence-electron chi connectivity index (χ1n) is 7.29. The standard InChI is InChI=1S/C15H20F3NO4S/c1-12(23-11-15(16,17)18)14(20)19-8-5-9-24(21,22)10-13-6-3-2-4-7-13/h2-4,6-7,12H,5,8-11H2,1H3,(H,19,20). The zero-order valence-electron chi connectivity index (χ0n) is 13.2. The van der Waals surface area contributed by atoms with E-state index in [2.05, 4.69) is 10.1 Å². The van der Waals surface area contributed by atoms with Gasteiger partial charge in [0, 0.05) is 6.54 Å². The van der Waals surface area contributed by atoms with Crippen LogP contribution in [0.5, 0.6) is 0 Å². The van der Waals surface area contributed by atoms with Crippen molar-refractivity contribution in [3.8, 4) is 0 Å². The summed E-state index contributed by atoms with van der Waals surface area (Å²) in [5.74, 6) is -0.924. The molecule has 0 saturated carbocycles. The second-order valence-corrected chi connectivity index (χ2v) is 7.47. The highest BCUT2D eigenvalue weighted by atomic mass is 32.2. The van der Waals surface area contributed by atoms with Gasteiger partial charge in [0.25, 0.3) is 0 Å². The Balaban J connectivity index is 2.28. The molecule has 136 valence electrons. The summed E-state index contributed by atoms with van der Waals surface area (Å²) in [5, 5.41) is 2.36. The van der Waals surface area contributed by atoms with Crippen LogP contribution in [0.25, 0.3) is 0 Å². The van der Waals surface area contributed by atoms with Crippen molar-refractivity contribution in [3.05, 3.63) is 35.9 Å². The molecule has 1 aromatic rings. The number of alkyl halides is 3. The minimum absolute atomic E-state index is 0.0482. The maximum absolute atomic E-state index is 12.0.